The number of hydrogen-bond acceptors (Lipinski definition) is 1. The number of quaternary nitrogens is 1. The number of rotatable bonds is 5. The molecule has 3 heteroatoms. The van der Waals surface area contributed by atoms with Gasteiger partial charge in [0.15, 0.2) is 0 Å². The maximum Gasteiger partial charge on any atom is 0.0849 e. The number of aliphatic hydroxyl groups excluding tert-OH is 1. The van der Waals surface area contributed by atoms with Crippen LogP contribution in [0.3, 0.4) is 0 Å². The first-order valence-corrected chi connectivity index (χ1v) is 7.10. The van der Waals surface area contributed by atoms with E-state index in [0.29, 0.717) is 0 Å². The van der Waals surface area contributed by atoms with Crippen LogP contribution in [0.25, 0.3) is 11.1 Å². The summed E-state index contributed by atoms with van der Waals surface area (Å²) in [5.74, 6) is 0. The van der Waals surface area contributed by atoms with Crippen LogP contribution in [0.2, 0.25) is 0 Å². The van der Waals surface area contributed by atoms with E-state index in [2.05, 4.69) is 39.3 Å². The molecule has 0 aliphatic heterocycles. The molecule has 2 aromatic carbocycles. The Kier molecular flexibility index (Phi) is 6.59. The molecule has 0 saturated carbocycles. The third-order valence-electron chi connectivity index (χ3n) is 3.48. The topological polar surface area (TPSA) is 20.2 Å². The van der Waals surface area contributed by atoms with Crippen LogP contribution in [0.1, 0.15) is 18.1 Å². The van der Waals surface area contributed by atoms with Crippen LogP contribution in [-0.4, -0.2) is 37.3 Å². The Balaban J connectivity index is 0.00000220. The minimum Gasteiger partial charge on any atom is -1.00 e. The maximum absolute atomic E-state index is 10.5. The molecule has 0 spiro atoms. The van der Waals surface area contributed by atoms with Gasteiger partial charge in [-0.2, -0.15) is 0 Å². The van der Waals surface area contributed by atoms with Gasteiger partial charge in [0.1, 0.15) is 0 Å². The Bertz CT molecular complexity index is 549. The van der Waals surface area contributed by atoms with Crippen molar-refractivity contribution >= 4 is 0 Å². The predicted octanol–water partition coefficient (Wildman–Crippen LogP) is 0.487. The molecule has 1 atom stereocenters. The molecule has 0 aliphatic rings. The van der Waals surface area contributed by atoms with E-state index in [0.717, 1.165) is 34.1 Å². The highest BCUT2D eigenvalue weighted by Crippen LogP contribution is 2.29. The third kappa shape index (κ3) is 5.27. The summed E-state index contributed by atoms with van der Waals surface area (Å²) in [6.07, 6.45) is 0.358. The van der Waals surface area contributed by atoms with Crippen molar-refractivity contribution in [3.05, 3.63) is 60.2 Å². The van der Waals surface area contributed by atoms with Crippen molar-refractivity contribution < 1.29 is 26.6 Å². The van der Waals surface area contributed by atoms with Gasteiger partial charge in [-0.15, -0.1) is 0 Å². The summed E-state index contributed by atoms with van der Waals surface area (Å²) in [6.45, 7) is 0.949. The van der Waals surface area contributed by atoms with Gasteiger partial charge in [-0.1, -0.05) is 54.6 Å². The first kappa shape index (κ1) is 17.9. The van der Waals surface area contributed by atoms with Gasteiger partial charge in [0.05, 0.1) is 33.8 Å². The molecule has 0 amide bonds. The SMILES string of the molecule is C[N+](C)(C)CCC(O)c1ccccc1-c1ccccc1.[Br-]. The molecule has 2 aromatic rings. The predicted molar refractivity (Wildman–Crippen MR) is 84.4 cm³/mol. The molecule has 2 rings (SSSR count). The molecule has 2 nitrogen and oxygen atoms in total. The van der Waals surface area contributed by atoms with E-state index < -0.39 is 6.10 Å². The fraction of sp³-hybridized carbons (Fsp3) is 0.333. The lowest BCUT2D eigenvalue weighted by Gasteiger charge is -2.25. The van der Waals surface area contributed by atoms with E-state index in [4.69, 9.17) is 0 Å². The Morgan fingerprint density at radius 1 is 0.905 bits per heavy atom. The molecule has 1 N–H and O–H groups in total. The van der Waals surface area contributed by atoms with Gasteiger partial charge in [-0.3, -0.25) is 0 Å². The zero-order chi connectivity index (χ0) is 14.6. The van der Waals surface area contributed by atoms with E-state index >= 15 is 0 Å². The monoisotopic (exact) mass is 349 g/mol. The smallest absolute Gasteiger partial charge is 0.0849 e. The second kappa shape index (κ2) is 7.74. The lowest BCUT2D eigenvalue weighted by atomic mass is 9.95. The molecular formula is C18H24BrNO. The summed E-state index contributed by atoms with van der Waals surface area (Å²) in [5, 5.41) is 10.5. The van der Waals surface area contributed by atoms with Crippen molar-refractivity contribution in [3.8, 4) is 11.1 Å². The van der Waals surface area contributed by atoms with Crippen LogP contribution in [0.4, 0.5) is 0 Å². The van der Waals surface area contributed by atoms with Crippen molar-refractivity contribution in [1.82, 2.24) is 0 Å². The van der Waals surface area contributed by atoms with Crippen molar-refractivity contribution in [2.24, 2.45) is 0 Å². The van der Waals surface area contributed by atoms with E-state index in [1.807, 2.05) is 36.4 Å². The summed E-state index contributed by atoms with van der Waals surface area (Å²) >= 11 is 0. The molecular weight excluding hydrogens is 326 g/mol. The number of aliphatic hydroxyl groups is 1. The number of benzene rings is 2. The van der Waals surface area contributed by atoms with E-state index in [1.165, 1.54) is 0 Å². The fourth-order valence-corrected chi connectivity index (χ4v) is 2.33. The Morgan fingerprint density at radius 3 is 2.10 bits per heavy atom. The molecule has 0 aromatic heterocycles. The Morgan fingerprint density at radius 2 is 1.48 bits per heavy atom. The summed E-state index contributed by atoms with van der Waals surface area (Å²) in [7, 11) is 6.45. The average Bonchev–Trinajstić information content (AvgIpc) is 2.45. The second-order valence-corrected chi connectivity index (χ2v) is 6.27. The Hall–Kier alpha value is -1.16. The summed E-state index contributed by atoms with van der Waals surface area (Å²) in [4.78, 5) is 0. The lowest BCUT2D eigenvalue weighted by molar-refractivity contribution is -0.871. The highest BCUT2D eigenvalue weighted by Gasteiger charge is 2.16. The van der Waals surface area contributed by atoms with Gasteiger partial charge in [0.2, 0.25) is 0 Å². The van der Waals surface area contributed by atoms with Crippen LogP contribution in [0.15, 0.2) is 54.6 Å². The van der Waals surface area contributed by atoms with Gasteiger partial charge in [0.25, 0.3) is 0 Å². The summed E-state index contributed by atoms with van der Waals surface area (Å²) < 4.78 is 0.866. The van der Waals surface area contributed by atoms with E-state index in [1.54, 1.807) is 0 Å². The molecule has 114 valence electrons. The summed E-state index contributed by atoms with van der Waals surface area (Å²) in [6, 6.07) is 18.4. The van der Waals surface area contributed by atoms with Gasteiger partial charge in [-0.05, 0) is 16.7 Å². The zero-order valence-electron chi connectivity index (χ0n) is 13.0. The molecule has 1 unspecified atom stereocenters. The van der Waals surface area contributed by atoms with Crippen LogP contribution < -0.4 is 17.0 Å². The number of nitrogens with zero attached hydrogens (tertiary/aromatic N) is 1. The first-order chi connectivity index (χ1) is 9.47. The van der Waals surface area contributed by atoms with Gasteiger partial charge in [-0.25, -0.2) is 0 Å². The quantitative estimate of drug-likeness (QED) is 0.779. The summed E-state index contributed by atoms with van der Waals surface area (Å²) in [5.41, 5.74) is 3.31. The standard InChI is InChI=1S/C18H24NO.BrH/c1-19(2,3)14-13-18(20)17-12-8-7-11-16(17)15-9-5-4-6-10-15;/h4-12,18,20H,13-14H2,1-3H3;1H/q+1;/p-1. The van der Waals surface area contributed by atoms with Gasteiger partial charge < -0.3 is 26.6 Å². The minimum absolute atomic E-state index is 0. The van der Waals surface area contributed by atoms with E-state index in [9.17, 15) is 5.11 Å². The molecule has 0 saturated heterocycles. The number of halogens is 1. The van der Waals surface area contributed by atoms with E-state index in [-0.39, 0.29) is 17.0 Å². The Labute approximate surface area is 138 Å². The third-order valence-corrected chi connectivity index (χ3v) is 3.48. The van der Waals surface area contributed by atoms with Gasteiger partial charge >= 0.3 is 0 Å². The molecule has 0 aliphatic carbocycles. The largest absolute Gasteiger partial charge is 1.00 e. The second-order valence-electron chi connectivity index (χ2n) is 6.27. The normalized spacial score (nSPS) is 12.6. The lowest BCUT2D eigenvalue weighted by Crippen LogP contribution is -3.00. The maximum atomic E-state index is 10.5. The van der Waals surface area contributed by atoms with Crippen LogP contribution >= 0.6 is 0 Å². The van der Waals surface area contributed by atoms with Crippen molar-refractivity contribution in [2.45, 2.75) is 12.5 Å². The number of hydrogen-bond donors (Lipinski definition) is 1. The molecule has 0 fully saturated rings. The first-order valence-electron chi connectivity index (χ1n) is 7.10. The molecule has 0 radical (unpaired) electrons. The highest BCUT2D eigenvalue weighted by molar-refractivity contribution is 5.67. The minimum atomic E-state index is -0.413. The molecule has 21 heavy (non-hydrogen) atoms. The highest BCUT2D eigenvalue weighted by atomic mass is 79.9. The van der Waals surface area contributed by atoms with Gasteiger partial charge in [0, 0.05) is 6.42 Å². The molecule has 0 bridgehead atoms. The van der Waals surface area contributed by atoms with Crippen LogP contribution in [0, 0.1) is 0 Å². The molecule has 0 heterocycles. The average molecular weight is 350 g/mol. The zero-order valence-corrected chi connectivity index (χ0v) is 14.5. The van der Waals surface area contributed by atoms with Crippen LogP contribution in [-0.2, 0) is 0 Å². The van der Waals surface area contributed by atoms with Crippen LogP contribution in [0.5, 0.6) is 0 Å². The fourth-order valence-electron chi connectivity index (χ4n) is 2.33. The van der Waals surface area contributed by atoms with Crippen molar-refractivity contribution in [1.29, 1.82) is 0 Å². The van der Waals surface area contributed by atoms with Crippen molar-refractivity contribution in [3.63, 3.8) is 0 Å². The van der Waals surface area contributed by atoms with Crippen molar-refractivity contribution in [2.75, 3.05) is 27.7 Å².